The van der Waals surface area contributed by atoms with Crippen LogP contribution in [0.3, 0.4) is 0 Å². The molecule has 0 radical (unpaired) electrons. The molecule has 1 N–H and O–H groups in total. The molecule has 3 atom stereocenters. The second-order valence-electron chi connectivity index (χ2n) is 7.14. The van der Waals surface area contributed by atoms with Crippen molar-refractivity contribution in [3.8, 4) is 17.0 Å². The van der Waals surface area contributed by atoms with Crippen LogP contribution in [0.15, 0.2) is 36.5 Å². The first-order chi connectivity index (χ1) is 11.8. The monoisotopic (exact) mass is 323 g/mol. The Kier molecular flexibility index (Phi) is 4.37. The van der Waals surface area contributed by atoms with Crippen molar-refractivity contribution in [2.24, 2.45) is 17.8 Å². The minimum Gasteiger partial charge on any atom is -0.497 e. The van der Waals surface area contributed by atoms with Crippen LogP contribution in [-0.2, 0) is 0 Å². The van der Waals surface area contributed by atoms with E-state index in [0.717, 1.165) is 47.3 Å². The average Bonchev–Trinajstić information content (AvgIpc) is 3.25. The zero-order valence-electron chi connectivity index (χ0n) is 14.2. The molecule has 1 aromatic heterocycles. The second-order valence-corrected chi connectivity index (χ2v) is 7.14. The number of nitrogens with one attached hydrogen (secondary N) is 1. The average molecular weight is 323 g/mol. The van der Waals surface area contributed by atoms with Crippen molar-refractivity contribution >= 4 is 5.95 Å². The molecule has 126 valence electrons. The summed E-state index contributed by atoms with van der Waals surface area (Å²) >= 11 is 0. The summed E-state index contributed by atoms with van der Waals surface area (Å²) in [6.45, 7) is 0.972. The molecule has 2 aromatic rings. The Balaban J connectivity index is 1.35. The van der Waals surface area contributed by atoms with Crippen LogP contribution in [0.2, 0.25) is 0 Å². The van der Waals surface area contributed by atoms with Gasteiger partial charge in [-0.15, -0.1) is 0 Å². The van der Waals surface area contributed by atoms with Gasteiger partial charge in [-0.2, -0.15) is 0 Å². The number of ether oxygens (including phenoxy) is 1. The highest BCUT2D eigenvalue weighted by Gasteiger charge is 2.38. The normalized spacial score (nSPS) is 25.0. The summed E-state index contributed by atoms with van der Waals surface area (Å²) in [6, 6.07) is 9.92. The Bertz CT molecular complexity index is 686. The van der Waals surface area contributed by atoms with Gasteiger partial charge in [-0.1, -0.05) is 6.42 Å². The van der Waals surface area contributed by atoms with E-state index in [-0.39, 0.29) is 0 Å². The van der Waals surface area contributed by atoms with Crippen LogP contribution in [0.4, 0.5) is 5.95 Å². The van der Waals surface area contributed by atoms with Crippen molar-refractivity contribution < 1.29 is 4.74 Å². The number of hydrogen-bond donors (Lipinski definition) is 1. The molecule has 3 unspecified atom stereocenters. The maximum Gasteiger partial charge on any atom is 0.223 e. The summed E-state index contributed by atoms with van der Waals surface area (Å²) < 4.78 is 5.21. The van der Waals surface area contributed by atoms with E-state index >= 15 is 0 Å². The number of hydrogen-bond acceptors (Lipinski definition) is 4. The van der Waals surface area contributed by atoms with Crippen molar-refractivity contribution in [3.63, 3.8) is 0 Å². The molecule has 0 aliphatic heterocycles. The van der Waals surface area contributed by atoms with Crippen molar-refractivity contribution in [2.45, 2.75) is 32.1 Å². The van der Waals surface area contributed by atoms with Crippen LogP contribution in [0.1, 0.15) is 32.1 Å². The lowest BCUT2D eigenvalue weighted by molar-refractivity contribution is 0.320. The minimum atomic E-state index is 0.728. The molecule has 1 heterocycles. The molecule has 4 nitrogen and oxygen atoms in total. The minimum absolute atomic E-state index is 0.728. The molecule has 2 bridgehead atoms. The third kappa shape index (κ3) is 3.23. The molecule has 2 aliphatic rings. The summed E-state index contributed by atoms with van der Waals surface area (Å²) in [6.07, 6.45) is 8.93. The van der Waals surface area contributed by atoms with Gasteiger partial charge in [0.05, 0.1) is 12.8 Å². The van der Waals surface area contributed by atoms with Gasteiger partial charge in [0.25, 0.3) is 0 Å². The first-order valence-corrected chi connectivity index (χ1v) is 9.03. The molecular formula is C20H25N3O. The molecule has 2 fully saturated rings. The van der Waals surface area contributed by atoms with E-state index in [2.05, 4.69) is 15.3 Å². The lowest BCUT2D eigenvalue weighted by Crippen LogP contribution is -2.15. The van der Waals surface area contributed by atoms with E-state index in [0.29, 0.717) is 0 Å². The number of nitrogens with zero attached hydrogens (tertiary/aromatic N) is 2. The van der Waals surface area contributed by atoms with E-state index in [4.69, 9.17) is 4.74 Å². The van der Waals surface area contributed by atoms with Crippen molar-refractivity contribution in [1.29, 1.82) is 0 Å². The second kappa shape index (κ2) is 6.80. The summed E-state index contributed by atoms with van der Waals surface area (Å²) in [5, 5.41) is 3.42. The molecule has 4 rings (SSSR count). The number of methoxy groups -OCH3 is 1. The van der Waals surface area contributed by atoms with E-state index in [1.165, 1.54) is 32.1 Å². The molecule has 0 amide bonds. The maximum absolute atomic E-state index is 5.21. The largest absolute Gasteiger partial charge is 0.497 e. The fourth-order valence-corrected chi connectivity index (χ4v) is 4.47. The van der Waals surface area contributed by atoms with Gasteiger partial charge in [-0.25, -0.2) is 9.97 Å². The number of fused-ring (bicyclic) bond motifs is 2. The van der Waals surface area contributed by atoms with E-state index in [9.17, 15) is 0 Å². The van der Waals surface area contributed by atoms with Crippen LogP contribution < -0.4 is 10.1 Å². The molecule has 24 heavy (non-hydrogen) atoms. The van der Waals surface area contributed by atoms with Gasteiger partial charge in [-0.05, 0) is 73.8 Å². The highest BCUT2D eigenvalue weighted by atomic mass is 16.5. The topological polar surface area (TPSA) is 47.0 Å². The van der Waals surface area contributed by atoms with Crippen molar-refractivity contribution in [3.05, 3.63) is 36.5 Å². The molecular weight excluding hydrogens is 298 g/mol. The van der Waals surface area contributed by atoms with Gasteiger partial charge >= 0.3 is 0 Å². The van der Waals surface area contributed by atoms with Gasteiger partial charge in [0.2, 0.25) is 5.95 Å². The van der Waals surface area contributed by atoms with Crippen LogP contribution in [0.25, 0.3) is 11.3 Å². The van der Waals surface area contributed by atoms with E-state index in [1.807, 2.05) is 36.5 Å². The van der Waals surface area contributed by atoms with Gasteiger partial charge in [0, 0.05) is 18.3 Å². The van der Waals surface area contributed by atoms with Crippen LogP contribution in [0.5, 0.6) is 5.75 Å². The smallest absolute Gasteiger partial charge is 0.223 e. The Labute approximate surface area is 143 Å². The summed E-state index contributed by atoms with van der Waals surface area (Å²) in [4.78, 5) is 9.01. The SMILES string of the molecule is COc1ccc(-c2ccnc(NCCC3CC4CCC3C4)n2)cc1. The lowest BCUT2D eigenvalue weighted by atomic mass is 9.86. The summed E-state index contributed by atoms with van der Waals surface area (Å²) in [5.41, 5.74) is 2.02. The van der Waals surface area contributed by atoms with E-state index in [1.54, 1.807) is 7.11 Å². The molecule has 1 aromatic carbocycles. The molecule has 4 heteroatoms. The number of benzene rings is 1. The summed E-state index contributed by atoms with van der Waals surface area (Å²) in [5.74, 6) is 4.52. The van der Waals surface area contributed by atoms with Gasteiger partial charge in [-0.3, -0.25) is 0 Å². The van der Waals surface area contributed by atoms with Crippen molar-refractivity contribution in [1.82, 2.24) is 9.97 Å². The van der Waals surface area contributed by atoms with Crippen LogP contribution >= 0.6 is 0 Å². The predicted octanol–water partition coefficient (Wildman–Crippen LogP) is 4.39. The van der Waals surface area contributed by atoms with Crippen molar-refractivity contribution in [2.75, 3.05) is 19.0 Å². The quantitative estimate of drug-likeness (QED) is 0.856. The van der Waals surface area contributed by atoms with Crippen LogP contribution in [0, 0.1) is 17.8 Å². The van der Waals surface area contributed by atoms with Gasteiger partial charge in [0.1, 0.15) is 5.75 Å². The maximum atomic E-state index is 5.21. The number of anilines is 1. The van der Waals surface area contributed by atoms with Crippen LogP contribution in [-0.4, -0.2) is 23.6 Å². The first-order valence-electron chi connectivity index (χ1n) is 9.03. The summed E-state index contributed by atoms with van der Waals surface area (Å²) in [7, 11) is 1.68. The highest BCUT2D eigenvalue weighted by molar-refractivity contribution is 5.60. The molecule has 0 spiro atoms. The number of aromatic nitrogens is 2. The Hall–Kier alpha value is -2.10. The predicted molar refractivity (Wildman–Crippen MR) is 96.1 cm³/mol. The fourth-order valence-electron chi connectivity index (χ4n) is 4.47. The van der Waals surface area contributed by atoms with Gasteiger partial charge < -0.3 is 10.1 Å². The standard InChI is InChI=1S/C20H25N3O/c1-24-18-6-4-15(5-7-18)19-9-11-22-20(23-19)21-10-8-17-13-14-2-3-16(17)12-14/h4-7,9,11,14,16-17H,2-3,8,10,12-13H2,1H3,(H,21,22,23). The molecule has 2 saturated carbocycles. The van der Waals surface area contributed by atoms with Gasteiger partial charge in [0.15, 0.2) is 0 Å². The lowest BCUT2D eigenvalue weighted by Gasteiger charge is -2.21. The third-order valence-corrected chi connectivity index (χ3v) is 5.72. The first kappa shape index (κ1) is 15.4. The molecule has 0 saturated heterocycles. The Morgan fingerprint density at radius 3 is 2.71 bits per heavy atom. The Morgan fingerprint density at radius 1 is 1.12 bits per heavy atom. The Morgan fingerprint density at radius 2 is 2.00 bits per heavy atom. The highest BCUT2D eigenvalue weighted by Crippen LogP contribution is 2.49. The zero-order chi connectivity index (χ0) is 16.4. The zero-order valence-corrected chi connectivity index (χ0v) is 14.2. The van der Waals surface area contributed by atoms with E-state index < -0.39 is 0 Å². The fraction of sp³-hybridized carbons (Fsp3) is 0.500. The number of rotatable bonds is 6. The molecule has 2 aliphatic carbocycles. The third-order valence-electron chi connectivity index (χ3n) is 5.72.